The lowest BCUT2D eigenvalue weighted by molar-refractivity contribution is -0.138. The molecule has 42 heavy (non-hydrogen) atoms. The Hall–Kier alpha value is -3.81. The fourth-order valence-electron chi connectivity index (χ4n) is 5.78. The third-order valence-electron chi connectivity index (χ3n) is 8.23. The van der Waals surface area contributed by atoms with Gasteiger partial charge in [0, 0.05) is 62.2 Å². The highest BCUT2D eigenvalue weighted by molar-refractivity contribution is 5.90. The number of unbranched alkanes of at least 4 members (excludes halogenated alkanes) is 6. The molecule has 0 bridgehead atoms. The van der Waals surface area contributed by atoms with Crippen molar-refractivity contribution in [2.24, 2.45) is 0 Å². The van der Waals surface area contributed by atoms with E-state index in [0.717, 1.165) is 41.3 Å². The number of amides is 4. The Morgan fingerprint density at radius 3 is 2.40 bits per heavy atom. The maximum Gasteiger partial charge on any atom is 0.318 e. The molecule has 1 aromatic heterocycles. The zero-order valence-electron chi connectivity index (χ0n) is 25.2. The number of nitrogens with one attached hydrogen (secondary N) is 3. The Bertz CT molecular complexity index is 1290. The van der Waals surface area contributed by atoms with Crippen LogP contribution in [-0.2, 0) is 22.6 Å². The largest absolute Gasteiger partial charge is 0.361 e. The third-order valence-corrected chi connectivity index (χ3v) is 8.23. The number of H-pyrrole nitrogens is 1. The van der Waals surface area contributed by atoms with Crippen LogP contribution in [-0.4, -0.2) is 64.3 Å². The van der Waals surface area contributed by atoms with Crippen LogP contribution in [0.1, 0.15) is 76.3 Å². The predicted octanol–water partition coefficient (Wildman–Crippen LogP) is 5.78. The van der Waals surface area contributed by atoms with Gasteiger partial charge in [-0.25, -0.2) is 4.79 Å². The Balaban J connectivity index is 1.35. The van der Waals surface area contributed by atoms with Gasteiger partial charge in [-0.05, 0) is 30.5 Å². The molecule has 1 fully saturated rings. The van der Waals surface area contributed by atoms with Crippen molar-refractivity contribution in [2.75, 3.05) is 19.6 Å². The molecule has 3 N–H and O–H groups in total. The van der Waals surface area contributed by atoms with E-state index in [1.165, 1.54) is 25.7 Å². The number of piperazine rings is 1. The molecule has 1 saturated heterocycles. The third kappa shape index (κ3) is 8.84. The van der Waals surface area contributed by atoms with Crippen molar-refractivity contribution < 1.29 is 14.4 Å². The number of para-hydroxylation sites is 1. The van der Waals surface area contributed by atoms with E-state index in [0.29, 0.717) is 39.0 Å². The topological polar surface area (TPSA) is 97.5 Å². The van der Waals surface area contributed by atoms with E-state index >= 15 is 0 Å². The molecular formula is C34H47N5O3. The van der Waals surface area contributed by atoms with Crippen LogP contribution in [0.2, 0.25) is 0 Å². The van der Waals surface area contributed by atoms with Gasteiger partial charge in [0.05, 0.1) is 0 Å². The van der Waals surface area contributed by atoms with Crippen LogP contribution in [0.15, 0.2) is 60.8 Å². The summed E-state index contributed by atoms with van der Waals surface area (Å²) in [5.41, 5.74) is 3.06. The molecule has 2 heterocycles. The van der Waals surface area contributed by atoms with Crippen LogP contribution < -0.4 is 10.6 Å². The van der Waals surface area contributed by atoms with Crippen molar-refractivity contribution in [3.05, 3.63) is 71.9 Å². The molecule has 3 aromatic rings. The standard InChI is InChI=1S/C34H47N5O3/c1-3-4-5-6-7-8-12-19-32(40)37-31(22-28-24-35-30-18-14-13-17-29(28)30)33(41)38-20-21-39(26(2)25-38)34(42)36-23-27-15-10-9-11-16-27/h9-11,13-18,24,26,31,35H,3-8,12,19-23,25H2,1-2H3,(H,36,42)(H,37,40). The van der Waals surface area contributed by atoms with E-state index < -0.39 is 6.04 Å². The molecule has 1 aliphatic heterocycles. The number of aromatic amines is 1. The van der Waals surface area contributed by atoms with Gasteiger partial charge < -0.3 is 25.4 Å². The molecule has 1 aliphatic rings. The number of fused-ring (bicyclic) bond motifs is 1. The minimum atomic E-state index is -0.660. The first-order chi connectivity index (χ1) is 20.5. The SMILES string of the molecule is CCCCCCCCCC(=O)NC(Cc1c[nH]c2ccccc12)C(=O)N1CCN(C(=O)NCc2ccccc2)C(C)C1. The van der Waals surface area contributed by atoms with Crippen LogP contribution in [0.4, 0.5) is 4.79 Å². The lowest BCUT2D eigenvalue weighted by Crippen LogP contribution is -2.60. The number of benzene rings is 2. The highest BCUT2D eigenvalue weighted by atomic mass is 16.2. The summed E-state index contributed by atoms with van der Waals surface area (Å²) in [6, 6.07) is 16.9. The first kappa shape index (κ1) is 31.1. The maximum absolute atomic E-state index is 13.9. The second kappa shape index (κ2) is 16.0. The van der Waals surface area contributed by atoms with Crippen LogP contribution in [0, 0.1) is 0 Å². The van der Waals surface area contributed by atoms with Gasteiger partial charge in [-0.15, -0.1) is 0 Å². The van der Waals surface area contributed by atoms with Gasteiger partial charge in [0.2, 0.25) is 11.8 Å². The Labute approximate surface area is 250 Å². The molecule has 4 rings (SSSR count). The molecule has 4 amide bonds. The number of hydrogen-bond acceptors (Lipinski definition) is 3. The van der Waals surface area contributed by atoms with Crippen LogP contribution >= 0.6 is 0 Å². The molecule has 2 aromatic carbocycles. The van der Waals surface area contributed by atoms with E-state index in [2.05, 4.69) is 22.5 Å². The number of rotatable bonds is 14. The van der Waals surface area contributed by atoms with E-state index in [4.69, 9.17) is 0 Å². The minimum Gasteiger partial charge on any atom is -0.361 e. The number of carbonyl (C=O) groups is 3. The Morgan fingerprint density at radius 2 is 1.64 bits per heavy atom. The molecular weight excluding hydrogens is 526 g/mol. The van der Waals surface area contributed by atoms with Gasteiger partial charge in [-0.2, -0.15) is 0 Å². The average molecular weight is 574 g/mol. The number of urea groups is 1. The first-order valence-corrected chi connectivity index (χ1v) is 15.7. The van der Waals surface area contributed by atoms with Crippen molar-refractivity contribution >= 4 is 28.7 Å². The summed E-state index contributed by atoms with van der Waals surface area (Å²) in [5, 5.41) is 7.14. The Morgan fingerprint density at radius 1 is 0.929 bits per heavy atom. The lowest BCUT2D eigenvalue weighted by Gasteiger charge is -2.41. The zero-order chi connectivity index (χ0) is 29.7. The minimum absolute atomic E-state index is 0.0753. The van der Waals surface area contributed by atoms with Gasteiger partial charge in [-0.1, -0.05) is 94.0 Å². The smallest absolute Gasteiger partial charge is 0.318 e. The highest BCUT2D eigenvalue weighted by Crippen LogP contribution is 2.21. The van der Waals surface area contributed by atoms with Crippen LogP contribution in [0.5, 0.6) is 0 Å². The van der Waals surface area contributed by atoms with E-state index in [9.17, 15) is 14.4 Å². The lowest BCUT2D eigenvalue weighted by atomic mass is 10.0. The van der Waals surface area contributed by atoms with Gasteiger partial charge in [0.1, 0.15) is 6.04 Å². The molecule has 0 radical (unpaired) electrons. The monoisotopic (exact) mass is 573 g/mol. The summed E-state index contributed by atoms with van der Waals surface area (Å²) in [5.74, 6) is -0.168. The van der Waals surface area contributed by atoms with Crippen LogP contribution in [0.3, 0.4) is 0 Å². The van der Waals surface area contributed by atoms with E-state index in [1.54, 1.807) is 9.80 Å². The summed E-state index contributed by atoms with van der Waals surface area (Å²) in [4.78, 5) is 46.7. The molecule has 0 saturated carbocycles. The molecule has 0 aliphatic carbocycles. The first-order valence-electron chi connectivity index (χ1n) is 15.7. The normalized spacial score (nSPS) is 15.9. The highest BCUT2D eigenvalue weighted by Gasteiger charge is 2.33. The average Bonchev–Trinajstić information content (AvgIpc) is 3.42. The second-order valence-electron chi connectivity index (χ2n) is 11.5. The van der Waals surface area contributed by atoms with Crippen molar-refractivity contribution in [3.8, 4) is 0 Å². The van der Waals surface area contributed by atoms with Crippen LogP contribution in [0.25, 0.3) is 10.9 Å². The fraction of sp³-hybridized carbons (Fsp3) is 0.500. The second-order valence-corrected chi connectivity index (χ2v) is 11.5. The molecule has 2 unspecified atom stereocenters. The van der Waals surface area contributed by atoms with Crippen molar-refractivity contribution in [3.63, 3.8) is 0 Å². The number of nitrogens with zero attached hydrogens (tertiary/aromatic N) is 2. The molecule has 0 spiro atoms. The van der Waals surface area contributed by atoms with Gasteiger partial charge in [0.15, 0.2) is 0 Å². The summed E-state index contributed by atoms with van der Waals surface area (Å²) in [6.07, 6.45) is 10.7. The van der Waals surface area contributed by atoms with E-state index in [1.807, 2.05) is 67.7 Å². The van der Waals surface area contributed by atoms with Crippen molar-refractivity contribution in [2.45, 2.75) is 90.3 Å². The fourth-order valence-corrected chi connectivity index (χ4v) is 5.78. The number of carbonyl (C=O) groups excluding carboxylic acids is 3. The summed E-state index contributed by atoms with van der Waals surface area (Å²) < 4.78 is 0. The van der Waals surface area contributed by atoms with E-state index in [-0.39, 0.29) is 23.9 Å². The summed E-state index contributed by atoms with van der Waals surface area (Å²) >= 11 is 0. The predicted molar refractivity (Wildman–Crippen MR) is 168 cm³/mol. The number of aromatic nitrogens is 1. The van der Waals surface area contributed by atoms with Gasteiger partial charge >= 0.3 is 6.03 Å². The quantitative estimate of drug-likeness (QED) is 0.213. The zero-order valence-corrected chi connectivity index (χ0v) is 25.2. The molecule has 8 nitrogen and oxygen atoms in total. The van der Waals surface area contributed by atoms with Gasteiger partial charge in [-0.3, -0.25) is 9.59 Å². The van der Waals surface area contributed by atoms with Crippen molar-refractivity contribution in [1.29, 1.82) is 0 Å². The molecule has 8 heteroatoms. The van der Waals surface area contributed by atoms with Crippen molar-refractivity contribution in [1.82, 2.24) is 25.4 Å². The summed E-state index contributed by atoms with van der Waals surface area (Å²) in [7, 11) is 0. The summed E-state index contributed by atoms with van der Waals surface area (Å²) in [6.45, 7) is 5.94. The molecule has 2 atom stereocenters. The maximum atomic E-state index is 13.9. The molecule has 226 valence electrons. The van der Waals surface area contributed by atoms with Gasteiger partial charge in [0.25, 0.3) is 0 Å². The Kier molecular flexibility index (Phi) is 11.9. The number of hydrogen-bond donors (Lipinski definition) is 3.